The Morgan fingerprint density at radius 3 is 2.28 bits per heavy atom. The van der Waals surface area contributed by atoms with Gasteiger partial charge in [-0.05, 0) is 60.2 Å². The summed E-state index contributed by atoms with van der Waals surface area (Å²) in [4.78, 5) is 19.3. The van der Waals surface area contributed by atoms with Crippen LogP contribution in [0.5, 0.6) is 0 Å². The van der Waals surface area contributed by atoms with Crippen molar-refractivity contribution in [2.45, 2.75) is 45.1 Å². The van der Waals surface area contributed by atoms with E-state index >= 15 is 4.39 Å². The van der Waals surface area contributed by atoms with Gasteiger partial charge >= 0.3 is 0 Å². The van der Waals surface area contributed by atoms with E-state index in [2.05, 4.69) is 17.1 Å². The third-order valence-corrected chi connectivity index (χ3v) is 8.51. The number of amides is 1. The zero-order valence-electron chi connectivity index (χ0n) is 22.5. The minimum Gasteiger partial charge on any atom is -0.375 e. The van der Waals surface area contributed by atoms with E-state index in [0.717, 1.165) is 46.2 Å². The summed E-state index contributed by atoms with van der Waals surface area (Å²) in [6, 6.07) is 16.9. The lowest BCUT2D eigenvalue weighted by Gasteiger charge is -2.25. The fraction of sp³-hybridized carbons (Fsp3) is 0.267. The number of nitrogen functional groups attached to an aromatic ring is 1. The highest BCUT2D eigenvalue weighted by Crippen LogP contribution is 2.29. The molecule has 204 valence electrons. The number of benzene rings is 3. The zero-order chi connectivity index (χ0) is 28.3. The molecule has 4 rings (SSSR count). The van der Waals surface area contributed by atoms with Crippen LogP contribution in [0.2, 0.25) is 0 Å². The van der Waals surface area contributed by atoms with Crippen molar-refractivity contribution in [3.05, 3.63) is 88.0 Å². The lowest BCUT2D eigenvalue weighted by molar-refractivity contribution is 0.0741. The predicted octanol–water partition coefficient (Wildman–Crippen LogP) is 6.53. The van der Waals surface area contributed by atoms with Gasteiger partial charge in [-0.2, -0.15) is 0 Å². The summed E-state index contributed by atoms with van der Waals surface area (Å²) in [5.41, 5.74) is 12.0. The Bertz CT molecular complexity index is 1610. The summed E-state index contributed by atoms with van der Waals surface area (Å²) < 4.78 is 39.2. The number of thiazole rings is 1. The van der Waals surface area contributed by atoms with Gasteiger partial charge < -0.3 is 10.6 Å². The van der Waals surface area contributed by atoms with E-state index in [1.807, 2.05) is 49.6 Å². The number of hydrogen-bond acceptors (Lipinski definition) is 6. The average Bonchev–Trinajstić information content (AvgIpc) is 3.34. The minimum absolute atomic E-state index is 0.122. The number of carbonyl (C=O) groups is 1. The Hall–Kier alpha value is -3.56. The van der Waals surface area contributed by atoms with Crippen LogP contribution in [0.4, 0.5) is 9.52 Å². The number of aromatic nitrogens is 1. The Balaban J connectivity index is 1.64. The summed E-state index contributed by atoms with van der Waals surface area (Å²) in [6.45, 7) is 6.53. The van der Waals surface area contributed by atoms with Gasteiger partial charge in [-0.3, -0.25) is 4.79 Å². The fourth-order valence-corrected chi connectivity index (χ4v) is 5.94. The molecule has 0 radical (unpaired) electrons. The first-order valence-electron chi connectivity index (χ1n) is 12.8. The second kappa shape index (κ2) is 11.7. The van der Waals surface area contributed by atoms with Crippen molar-refractivity contribution in [1.29, 1.82) is 0 Å². The zero-order valence-corrected chi connectivity index (χ0v) is 24.1. The first-order chi connectivity index (χ1) is 18.5. The summed E-state index contributed by atoms with van der Waals surface area (Å²) in [5, 5.41) is 2.46. The molecule has 1 amide bonds. The number of nitrogens with zero attached hydrogens (tertiary/aromatic N) is 2. The van der Waals surface area contributed by atoms with Crippen LogP contribution in [0.15, 0.2) is 64.9 Å². The number of rotatable bonds is 9. The minimum atomic E-state index is -3.75. The van der Waals surface area contributed by atoms with E-state index in [4.69, 9.17) is 5.73 Å². The Kier molecular flexibility index (Phi) is 8.51. The topological polar surface area (TPSA) is 93.4 Å². The van der Waals surface area contributed by atoms with Crippen molar-refractivity contribution >= 4 is 32.2 Å². The standard InChI is InChI=1S/C30H32FN3O3S2/c1-5-15-34(29(35)25-13-14-27(39(4,36)37)28(31)24(25)6-2)17-23-16-22(8-7-19(23)3)20-9-11-21(12-10-20)26-18-38-30(32)33-26/h7-14,16,18H,5-6,15,17H2,1-4H3,(H2,32,33). The van der Waals surface area contributed by atoms with Crippen molar-refractivity contribution in [2.75, 3.05) is 18.5 Å². The smallest absolute Gasteiger partial charge is 0.254 e. The molecule has 0 atom stereocenters. The lowest BCUT2D eigenvalue weighted by Crippen LogP contribution is -2.32. The molecule has 0 aliphatic heterocycles. The average molecular weight is 566 g/mol. The summed E-state index contributed by atoms with van der Waals surface area (Å²) >= 11 is 1.41. The van der Waals surface area contributed by atoms with Crippen LogP contribution in [0.3, 0.4) is 0 Å². The molecule has 0 aliphatic rings. The lowest BCUT2D eigenvalue weighted by atomic mass is 9.97. The molecule has 0 bridgehead atoms. The molecule has 6 nitrogen and oxygen atoms in total. The van der Waals surface area contributed by atoms with E-state index < -0.39 is 15.7 Å². The quantitative estimate of drug-likeness (QED) is 0.249. The van der Waals surface area contributed by atoms with Gasteiger partial charge in [0.05, 0.1) is 5.69 Å². The monoisotopic (exact) mass is 565 g/mol. The van der Waals surface area contributed by atoms with Crippen molar-refractivity contribution in [1.82, 2.24) is 9.88 Å². The van der Waals surface area contributed by atoms with Crippen LogP contribution in [-0.2, 0) is 22.8 Å². The summed E-state index contributed by atoms with van der Waals surface area (Å²) in [5.74, 6) is -1.16. The number of hydrogen-bond donors (Lipinski definition) is 1. The number of aryl methyl sites for hydroxylation is 1. The van der Waals surface area contributed by atoms with E-state index in [-0.39, 0.29) is 28.4 Å². The van der Waals surface area contributed by atoms with Crippen LogP contribution in [0.1, 0.15) is 47.3 Å². The van der Waals surface area contributed by atoms with E-state index in [1.165, 1.54) is 23.5 Å². The highest BCUT2D eigenvalue weighted by atomic mass is 32.2. The SMILES string of the molecule is CCCN(Cc1cc(-c2ccc(-c3csc(N)n3)cc2)ccc1C)C(=O)c1ccc(S(C)(=O)=O)c(F)c1CC. The number of halogens is 1. The van der Waals surface area contributed by atoms with Crippen molar-refractivity contribution in [3.8, 4) is 22.4 Å². The van der Waals surface area contributed by atoms with Crippen LogP contribution < -0.4 is 5.73 Å². The van der Waals surface area contributed by atoms with Gasteiger partial charge in [-0.15, -0.1) is 11.3 Å². The van der Waals surface area contributed by atoms with Crippen LogP contribution >= 0.6 is 11.3 Å². The molecule has 1 aromatic heterocycles. The van der Waals surface area contributed by atoms with Gasteiger partial charge in [0.15, 0.2) is 15.0 Å². The largest absolute Gasteiger partial charge is 0.375 e. The van der Waals surface area contributed by atoms with Crippen molar-refractivity contribution in [3.63, 3.8) is 0 Å². The van der Waals surface area contributed by atoms with Crippen LogP contribution in [-0.4, -0.2) is 37.0 Å². The molecular weight excluding hydrogens is 533 g/mol. The summed E-state index contributed by atoms with van der Waals surface area (Å²) in [6.07, 6.45) is 1.89. The second-order valence-electron chi connectivity index (χ2n) is 9.55. The van der Waals surface area contributed by atoms with Gasteiger partial charge in [0.1, 0.15) is 10.7 Å². The van der Waals surface area contributed by atoms with Gasteiger partial charge in [0.25, 0.3) is 5.91 Å². The van der Waals surface area contributed by atoms with E-state index in [9.17, 15) is 13.2 Å². The highest BCUT2D eigenvalue weighted by Gasteiger charge is 2.25. The maximum absolute atomic E-state index is 15.1. The molecule has 9 heteroatoms. The molecule has 3 aromatic carbocycles. The highest BCUT2D eigenvalue weighted by molar-refractivity contribution is 7.90. The first-order valence-corrected chi connectivity index (χ1v) is 15.5. The number of sulfone groups is 1. The molecule has 0 unspecified atom stereocenters. The van der Waals surface area contributed by atoms with Gasteiger partial charge in [-0.1, -0.05) is 50.2 Å². The van der Waals surface area contributed by atoms with Crippen LogP contribution in [0, 0.1) is 12.7 Å². The van der Waals surface area contributed by atoms with Gasteiger partial charge in [-0.25, -0.2) is 17.8 Å². The number of nitrogens with two attached hydrogens (primary N) is 1. The normalized spacial score (nSPS) is 11.5. The molecular formula is C30H32FN3O3S2. The second-order valence-corrected chi connectivity index (χ2v) is 12.4. The first kappa shape index (κ1) is 28.4. The molecule has 4 aromatic rings. The summed E-state index contributed by atoms with van der Waals surface area (Å²) in [7, 11) is -3.75. The molecule has 2 N–H and O–H groups in total. The third kappa shape index (κ3) is 6.20. The van der Waals surface area contributed by atoms with Gasteiger partial charge in [0, 0.05) is 41.4 Å². The number of anilines is 1. The molecule has 0 saturated heterocycles. The molecule has 0 saturated carbocycles. The van der Waals surface area contributed by atoms with Crippen molar-refractivity contribution < 1.29 is 17.6 Å². The Labute approximate surface area is 233 Å². The predicted molar refractivity (Wildman–Crippen MR) is 156 cm³/mol. The maximum atomic E-state index is 15.1. The third-order valence-electron chi connectivity index (χ3n) is 6.72. The van der Waals surface area contributed by atoms with E-state index in [0.29, 0.717) is 18.2 Å². The van der Waals surface area contributed by atoms with Gasteiger partial charge in [0.2, 0.25) is 0 Å². The van der Waals surface area contributed by atoms with Crippen molar-refractivity contribution in [2.24, 2.45) is 0 Å². The number of carbonyl (C=O) groups excluding carboxylic acids is 1. The molecule has 0 fully saturated rings. The maximum Gasteiger partial charge on any atom is 0.254 e. The molecule has 0 spiro atoms. The van der Waals surface area contributed by atoms with Crippen LogP contribution in [0.25, 0.3) is 22.4 Å². The fourth-order valence-electron chi connectivity index (χ4n) is 4.61. The molecule has 0 aliphatic carbocycles. The van der Waals surface area contributed by atoms with E-state index in [1.54, 1.807) is 11.8 Å². The Morgan fingerprint density at radius 2 is 1.69 bits per heavy atom. The Morgan fingerprint density at radius 1 is 1.03 bits per heavy atom. The molecule has 39 heavy (non-hydrogen) atoms. The molecule has 1 heterocycles.